The van der Waals surface area contributed by atoms with Crippen molar-refractivity contribution in [1.29, 1.82) is 0 Å². The fourth-order valence-corrected chi connectivity index (χ4v) is 7.39. The Labute approximate surface area is 338 Å². The zero-order valence-corrected chi connectivity index (χ0v) is 35.5. The van der Waals surface area contributed by atoms with Crippen LogP contribution in [0.5, 0.6) is 5.75 Å². The monoisotopic (exact) mass is 779 g/mol. The number of amides is 5. The molecule has 5 amide bonds. The Morgan fingerprint density at radius 1 is 0.895 bits per heavy atom. The Balaban J connectivity index is 0.000000315. The third-order valence-corrected chi connectivity index (χ3v) is 10.3. The van der Waals surface area contributed by atoms with Gasteiger partial charge in [-0.1, -0.05) is 81.4 Å². The number of urea groups is 1. The van der Waals surface area contributed by atoms with Gasteiger partial charge in [0.05, 0.1) is 23.4 Å². The van der Waals surface area contributed by atoms with Gasteiger partial charge >= 0.3 is 6.03 Å². The van der Waals surface area contributed by atoms with E-state index in [1.807, 2.05) is 82.3 Å². The van der Waals surface area contributed by atoms with Gasteiger partial charge < -0.3 is 15.4 Å². The Kier molecular flexibility index (Phi) is 14.1. The second-order valence-corrected chi connectivity index (χ2v) is 17.3. The number of rotatable bonds is 10. The number of imide groups is 1. The summed E-state index contributed by atoms with van der Waals surface area (Å²) in [7, 11) is 1.63. The molecule has 4 aromatic rings. The molecule has 0 bridgehead atoms. The fourth-order valence-electron chi connectivity index (χ4n) is 7.39. The van der Waals surface area contributed by atoms with Crippen molar-refractivity contribution in [1.82, 2.24) is 25.0 Å². The van der Waals surface area contributed by atoms with Crippen LogP contribution in [0.4, 0.5) is 16.3 Å². The molecule has 2 atom stereocenters. The second-order valence-electron chi connectivity index (χ2n) is 17.3. The quantitative estimate of drug-likeness (QED) is 0.108. The highest BCUT2D eigenvalue weighted by molar-refractivity contribution is 6.04. The first kappa shape index (κ1) is 44.2. The maximum absolute atomic E-state index is 12.9. The number of anilines is 2. The van der Waals surface area contributed by atoms with Gasteiger partial charge in [0.25, 0.3) is 0 Å². The van der Waals surface area contributed by atoms with E-state index in [0.29, 0.717) is 43.4 Å². The van der Waals surface area contributed by atoms with E-state index in [4.69, 9.17) is 9.84 Å². The van der Waals surface area contributed by atoms with Crippen molar-refractivity contribution in [2.75, 3.05) is 24.3 Å². The molecule has 57 heavy (non-hydrogen) atoms. The maximum atomic E-state index is 12.9. The average Bonchev–Trinajstić information content (AvgIpc) is 3.75. The molecule has 306 valence electrons. The first-order chi connectivity index (χ1) is 26.8. The SMILES string of the molecule is CC.CC(C)(C)c1cc(NC(=O)Nc2ccc(OCCc3ccncc3)cc2)n(-c2ccc(CNC=O)cc2)n1.CN1C(=O)C(C)(C)CC2(CC2C(C)(C)C)C1=O. The summed E-state index contributed by atoms with van der Waals surface area (Å²) >= 11 is 0. The predicted octanol–water partition coefficient (Wildman–Crippen LogP) is 8.56. The van der Waals surface area contributed by atoms with E-state index in [-0.39, 0.29) is 34.1 Å². The van der Waals surface area contributed by atoms with E-state index in [9.17, 15) is 19.2 Å². The molecule has 3 N–H and O–H groups in total. The third-order valence-electron chi connectivity index (χ3n) is 10.3. The summed E-state index contributed by atoms with van der Waals surface area (Å²) in [6.45, 7) is 21.7. The number of benzene rings is 2. The van der Waals surface area contributed by atoms with Crippen LogP contribution in [0.2, 0.25) is 0 Å². The summed E-state index contributed by atoms with van der Waals surface area (Å²) in [5, 5.41) is 13.2. The van der Waals surface area contributed by atoms with Crippen LogP contribution >= 0.6 is 0 Å². The van der Waals surface area contributed by atoms with Gasteiger partial charge in [0.2, 0.25) is 18.2 Å². The summed E-state index contributed by atoms with van der Waals surface area (Å²) in [6.07, 6.45) is 6.64. The summed E-state index contributed by atoms with van der Waals surface area (Å²) in [5.74, 6) is 1.69. The number of likely N-dealkylation sites (tertiary alicyclic amines) is 1. The van der Waals surface area contributed by atoms with Gasteiger partial charge in [0.1, 0.15) is 11.6 Å². The molecule has 1 saturated heterocycles. The van der Waals surface area contributed by atoms with Crippen LogP contribution in [0.1, 0.15) is 98.9 Å². The molecule has 1 aliphatic heterocycles. The lowest BCUT2D eigenvalue weighted by molar-refractivity contribution is -0.161. The molecule has 1 saturated carbocycles. The molecule has 12 heteroatoms. The van der Waals surface area contributed by atoms with Crippen molar-refractivity contribution >= 4 is 35.8 Å². The highest BCUT2D eigenvalue weighted by Crippen LogP contribution is 2.67. The van der Waals surface area contributed by atoms with Crippen molar-refractivity contribution in [3.8, 4) is 11.4 Å². The van der Waals surface area contributed by atoms with E-state index < -0.39 is 5.41 Å². The molecule has 0 radical (unpaired) electrons. The van der Waals surface area contributed by atoms with E-state index in [1.165, 1.54) is 4.90 Å². The molecule has 1 spiro atoms. The number of hydrogen-bond donors (Lipinski definition) is 3. The van der Waals surface area contributed by atoms with E-state index in [1.54, 1.807) is 36.3 Å². The van der Waals surface area contributed by atoms with E-state index in [2.05, 4.69) is 62.5 Å². The standard InChI is InChI=1S/C29H32N6O3.C14H23NO2.C2H6/c1-29(2,3)26-18-27(35(34-26)24-8-4-22(5-9-24)19-31-20-36)33-28(37)32-23-6-10-25(11-7-23)38-17-14-21-12-15-30-16-13-21;1-12(2,3)9-7-14(9)8-13(4,5)10(16)15(6)11(14)17;1-2/h4-13,15-16,18,20H,14,17,19H2,1-3H3,(H,31,36)(H2,32,33,37);9H,7-8H2,1-6H3;1-2H3. The molecule has 2 unspecified atom stereocenters. The Morgan fingerprint density at radius 3 is 2.09 bits per heavy atom. The molecule has 12 nitrogen and oxygen atoms in total. The van der Waals surface area contributed by atoms with Gasteiger partial charge in [0.15, 0.2) is 0 Å². The largest absolute Gasteiger partial charge is 0.493 e. The Hall–Kier alpha value is -5.52. The van der Waals surface area contributed by atoms with Crippen LogP contribution in [0.15, 0.2) is 79.1 Å². The summed E-state index contributed by atoms with van der Waals surface area (Å²) < 4.78 is 7.52. The van der Waals surface area contributed by atoms with Crippen LogP contribution < -0.4 is 20.7 Å². The summed E-state index contributed by atoms with van der Waals surface area (Å²) in [4.78, 5) is 53.2. The number of carbonyl (C=O) groups excluding carboxylic acids is 4. The zero-order valence-electron chi connectivity index (χ0n) is 35.5. The summed E-state index contributed by atoms with van der Waals surface area (Å²) in [6, 6.07) is 20.3. The van der Waals surface area contributed by atoms with Gasteiger partial charge in [-0.2, -0.15) is 5.10 Å². The molecular formula is C45H61N7O5. The highest BCUT2D eigenvalue weighted by Gasteiger charge is 2.69. The third kappa shape index (κ3) is 11.1. The predicted molar refractivity (Wildman–Crippen MR) is 225 cm³/mol. The number of nitrogens with one attached hydrogen (secondary N) is 3. The van der Waals surface area contributed by atoms with Gasteiger partial charge in [0, 0.05) is 55.0 Å². The molecule has 2 aromatic heterocycles. The van der Waals surface area contributed by atoms with Crippen LogP contribution in [0.3, 0.4) is 0 Å². The van der Waals surface area contributed by atoms with Gasteiger partial charge in [-0.25, -0.2) is 9.48 Å². The summed E-state index contributed by atoms with van der Waals surface area (Å²) in [5.41, 5.74) is 3.67. The number of aromatic nitrogens is 3. The highest BCUT2D eigenvalue weighted by atomic mass is 16.5. The number of piperidine rings is 1. The lowest BCUT2D eigenvalue weighted by Crippen LogP contribution is -2.53. The molecular weight excluding hydrogens is 719 g/mol. The minimum Gasteiger partial charge on any atom is -0.493 e. The van der Waals surface area contributed by atoms with Crippen LogP contribution in [-0.2, 0) is 32.8 Å². The molecule has 3 heterocycles. The van der Waals surface area contributed by atoms with Crippen molar-refractivity contribution < 1.29 is 23.9 Å². The Bertz CT molecular complexity index is 1980. The van der Waals surface area contributed by atoms with E-state index in [0.717, 1.165) is 41.1 Å². The van der Waals surface area contributed by atoms with Crippen molar-refractivity contribution in [3.05, 3.63) is 95.9 Å². The first-order valence-corrected chi connectivity index (χ1v) is 19.7. The molecule has 6 rings (SSSR count). The van der Waals surface area contributed by atoms with Crippen molar-refractivity contribution in [3.63, 3.8) is 0 Å². The number of ether oxygens (including phenoxy) is 1. The number of hydrogen-bond acceptors (Lipinski definition) is 7. The molecule has 2 aliphatic rings. The zero-order chi connectivity index (χ0) is 42.2. The van der Waals surface area contributed by atoms with Crippen LogP contribution in [0.25, 0.3) is 5.69 Å². The normalized spacial score (nSPS) is 18.4. The minimum atomic E-state index is -0.400. The van der Waals surface area contributed by atoms with Gasteiger partial charge in [-0.05, 0) is 83.8 Å². The maximum Gasteiger partial charge on any atom is 0.324 e. The van der Waals surface area contributed by atoms with Crippen LogP contribution in [0, 0.1) is 22.2 Å². The topological polar surface area (TPSA) is 148 Å². The minimum absolute atomic E-state index is 0.0346. The van der Waals surface area contributed by atoms with Gasteiger partial charge in [-0.3, -0.25) is 29.6 Å². The second kappa shape index (κ2) is 18.2. The number of carbonyl (C=O) groups is 4. The molecule has 2 fully saturated rings. The molecule has 1 aliphatic carbocycles. The molecule has 2 aromatic carbocycles. The van der Waals surface area contributed by atoms with Crippen LogP contribution in [-0.4, -0.2) is 57.6 Å². The fraction of sp³-hybridized carbons (Fsp3) is 0.467. The van der Waals surface area contributed by atoms with Crippen molar-refractivity contribution in [2.45, 2.75) is 100 Å². The lowest BCUT2D eigenvalue weighted by Gasteiger charge is -2.40. The van der Waals surface area contributed by atoms with Crippen molar-refractivity contribution in [2.24, 2.45) is 22.2 Å². The van der Waals surface area contributed by atoms with E-state index >= 15 is 0 Å². The lowest BCUT2D eigenvalue weighted by atomic mass is 9.71. The number of nitrogens with zero attached hydrogens (tertiary/aromatic N) is 4. The number of pyridine rings is 1. The van der Waals surface area contributed by atoms with Gasteiger partial charge in [-0.15, -0.1) is 0 Å². The first-order valence-electron chi connectivity index (χ1n) is 19.7. The Morgan fingerprint density at radius 2 is 1.53 bits per heavy atom. The average molecular weight is 780 g/mol. The smallest absolute Gasteiger partial charge is 0.324 e.